The molecule has 0 spiro atoms. The molecule has 3 aromatic rings. The highest BCUT2D eigenvalue weighted by Crippen LogP contribution is 2.40. The molecule has 1 amide bonds. The minimum absolute atomic E-state index is 0.124. The Morgan fingerprint density at radius 3 is 2.81 bits per heavy atom. The second-order valence-electron chi connectivity index (χ2n) is 9.02. The molecule has 0 aliphatic heterocycles. The van der Waals surface area contributed by atoms with E-state index in [-0.39, 0.29) is 6.04 Å². The van der Waals surface area contributed by atoms with Crippen molar-refractivity contribution in [1.29, 1.82) is 5.26 Å². The summed E-state index contributed by atoms with van der Waals surface area (Å²) in [6.07, 6.45) is 7.34. The molecule has 2 aromatic heterocycles. The predicted octanol–water partition coefficient (Wildman–Crippen LogP) is 4.96. The number of pyridine rings is 1. The van der Waals surface area contributed by atoms with Gasteiger partial charge < -0.3 is 0 Å². The van der Waals surface area contributed by atoms with Crippen LogP contribution >= 0.6 is 0 Å². The van der Waals surface area contributed by atoms with Gasteiger partial charge in [-0.15, -0.1) is 0 Å². The van der Waals surface area contributed by atoms with Gasteiger partial charge in [0.05, 0.1) is 22.7 Å². The fraction of sp³-hybridized carbons (Fsp3) is 0.400. The Labute approximate surface area is 182 Å². The van der Waals surface area contributed by atoms with Gasteiger partial charge in [-0.3, -0.25) is 14.0 Å². The van der Waals surface area contributed by atoms with Crippen molar-refractivity contribution < 1.29 is 9.63 Å². The van der Waals surface area contributed by atoms with Gasteiger partial charge in [-0.1, -0.05) is 19.1 Å². The lowest BCUT2D eigenvalue weighted by Crippen LogP contribution is -2.38. The summed E-state index contributed by atoms with van der Waals surface area (Å²) in [7, 11) is 0. The largest absolute Gasteiger partial charge is 0.299 e. The van der Waals surface area contributed by atoms with Gasteiger partial charge in [0.25, 0.3) is 0 Å². The molecule has 31 heavy (non-hydrogen) atoms. The fourth-order valence-electron chi connectivity index (χ4n) is 4.59. The number of rotatable bonds is 5. The molecular formula is C25H28N4O2. The maximum Gasteiger partial charge on any atom is 0.233 e. The van der Waals surface area contributed by atoms with E-state index in [9.17, 15) is 10.1 Å². The number of carbonyl (C=O) groups is 1. The molecule has 0 saturated heterocycles. The summed E-state index contributed by atoms with van der Waals surface area (Å²) in [6, 6.07) is 8.16. The maximum absolute atomic E-state index is 11.7. The van der Waals surface area contributed by atoms with Crippen molar-refractivity contribution in [2.75, 3.05) is 0 Å². The molecule has 0 N–H and O–H groups in total. The molecule has 4 rings (SSSR count). The van der Waals surface area contributed by atoms with Gasteiger partial charge in [0.15, 0.2) is 0 Å². The van der Waals surface area contributed by atoms with Crippen LogP contribution in [0.25, 0.3) is 22.3 Å². The Balaban J connectivity index is 1.95. The van der Waals surface area contributed by atoms with E-state index in [2.05, 4.69) is 23.5 Å². The molecular weight excluding hydrogens is 388 g/mol. The van der Waals surface area contributed by atoms with Gasteiger partial charge in [0.1, 0.15) is 17.2 Å². The summed E-state index contributed by atoms with van der Waals surface area (Å²) < 4.78 is 2.07. The molecule has 6 nitrogen and oxygen atoms in total. The normalized spacial score (nSPS) is 16.5. The van der Waals surface area contributed by atoms with Crippen LogP contribution in [-0.4, -0.2) is 32.5 Å². The summed E-state index contributed by atoms with van der Waals surface area (Å²) in [6.45, 7) is 9.94. The van der Waals surface area contributed by atoms with Crippen LogP contribution in [0.5, 0.6) is 0 Å². The van der Waals surface area contributed by atoms with Crippen molar-refractivity contribution in [1.82, 2.24) is 14.4 Å². The van der Waals surface area contributed by atoms with Crippen molar-refractivity contribution in [2.45, 2.75) is 65.5 Å². The SMILES string of the molecule is CCc1c(C)c(C#N)c2nc3ccccn3c2c1C1=CC(N(C=O)OC(C)(C)C)CC1. The minimum Gasteiger partial charge on any atom is -0.299 e. The third-order valence-electron chi connectivity index (χ3n) is 5.83. The van der Waals surface area contributed by atoms with Gasteiger partial charge in [-0.05, 0) is 75.8 Å². The van der Waals surface area contributed by atoms with E-state index in [1.54, 1.807) is 0 Å². The van der Waals surface area contributed by atoms with Gasteiger partial charge in [0.2, 0.25) is 6.41 Å². The number of amides is 1. The summed E-state index contributed by atoms with van der Waals surface area (Å²) in [5, 5.41) is 11.3. The topological polar surface area (TPSA) is 70.6 Å². The van der Waals surface area contributed by atoms with E-state index < -0.39 is 5.60 Å². The Bertz CT molecular complexity index is 1240. The standard InChI is InChI=1S/C25H28N4O2/c1-6-19-16(2)20(14-26)23-24(28-12-8-7-9-21(28)27-23)22(19)17-10-11-18(13-17)29(15-30)31-25(3,4)5/h7-9,12-13,15,18H,6,10-11H2,1-5H3. The highest BCUT2D eigenvalue weighted by Gasteiger charge is 2.30. The Hall–Kier alpha value is -3.17. The second kappa shape index (κ2) is 7.82. The first-order chi connectivity index (χ1) is 14.8. The molecule has 160 valence electrons. The van der Waals surface area contributed by atoms with Crippen molar-refractivity contribution >= 4 is 28.7 Å². The average molecular weight is 417 g/mol. The molecule has 1 aliphatic carbocycles. The molecule has 1 aliphatic rings. The van der Waals surface area contributed by atoms with Crippen LogP contribution in [0.2, 0.25) is 0 Å². The van der Waals surface area contributed by atoms with Gasteiger partial charge in [-0.2, -0.15) is 5.26 Å². The summed E-state index contributed by atoms with van der Waals surface area (Å²) in [5.41, 5.74) is 7.17. The number of benzene rings is 1. The van der Waals surface area contributed by atoms with Crippen molar-refractivity contribution in [3.05, 3.63) is 52.7 Å². The molecule has 1 unspecified atom stereocenters. The zero-order chi connectivity index (χ0) is 22.3. The lowest BCUT2D eigenvalue weighted by atomic mass is 9.89. The van der Waals surface area contributed by atoms with Crippen LogP contribution in [0.4, 0.5) is 0 Å². The van der Waals surface area contributed by atoms with Crippen LogP contribution in [0.1, 0.15) is 62.8 Å². The molecule has 1 atom stereocenters. The van der Waals surface area contributed by atoms with Crippen LogP contribution in [0.3, 0.4) is 0 Å². The number of allylic oxidation sites excluding steroid dienone is 1. The van der Waals surface area contributed by atoms with Crippen molar-refractivity contribution in [2.24, 2.45) is 0 Å². The van der Waals surface area contributed by atoms with Gasteiger partial charge in [-0.25, -0.2) is 10.0 Å². The number of nitriles is 1. The fourth-order valence-corrected chi connectivity index (χ4v) is 4.59. The predicted molar refractivity (Wildman–Crippen MR) is 121 cm³/mol. The Morgan fingerprint density at radius 2 is 2.16 bits per heavy atom. The number of carbonyl (C=O) groups excluding carboxylic acids is 1. The van der Waals surface area contributed by atoms with Crippen LogP contribution in [0, 0.1) is 18.3 Å². The van der Waals surface area contributed by atoms with E-state index in [0.29, 0.717) is 5.56 Å². The zero-order valence-corrected chi connectivity index (χ0v) is 18.8. The summed E-state index contributed by atoms with van der Waals surface area (Å²) in [5.74, 6) is 0. The molecule has 0 saturated carbocycles. The zero-order valence-electron chi connectivity index (χ0n) is 18.8. The van der Waals surface area contributed by atoms with E-state index in [4.69, 9.17) is 9.82 Å². The number of hydrogen-bond donors (Lipinski definition) is 0. The van der Waals surface area contributed by atoms with Gasteiger partial charge >= 0.3 is 0 Å². The first-order valence-electron chi connectivity index (χ1n) is 10.7. The minimum atomic E-state index is -0.452. The van der Waals surface area contributed by atoms with E-state index in [1.807, 2.05) is 52.1 Å². The molecule has 0 bridgehead atoms. The lowest BCUT2D eigenvalue weighted by molar-refractivity contribution is -0.226. The molecule has 1 aromatic carbocycles. The van der Waals surface area contributed by atoms with Crippen LogP contribution in [0.15, 0.2) is 30.5 Å². The Morgan fingerprint density at radius 1 is 1.39 bits per heavy atom. The maximum atomic E-state index is 11.7. The summed E-state index contributed by atoms with van der Waals surface area (Å²) in [4.78, 5) is 22.4. The number of aromatic nitrogens is 2. The molecule has 2 heterocycles. The second-order valence-corrected chi connectivity index (χ2v) is 9.02. The molecule has 0 radical (unpaired) electrons. The highest BCUT2D eigenvalue weighted by molar-refractivity contribution is 5.98. The third-order valence-corrected chi connectivity index (χ3v) is 5.83. The van der Waals surface area contributed by atoms with E-state index >= 15 is 0 Å². The number of imidazole rings is 1. The number of hydroxylamine groups is 2. The highest BCUT2D eigenvalue weighted by atomic mass is 16.7. The number of nitrogens with zero attached hydrogens (tertiary/aromatic N) is 4. The smallest absolute Gasteiger partial charge is 0.233 e. The number of hydrogen-bond acceptors (Lipinski definition) is 4. The van der Waals surface area contributed by atoms with E-state index in [1.165, 1.54) is 10.6 Å². The first-order valence-corrected chi connectivity index (χ1v) is 10.7. The van der Waals surface area contributed by atoms with Crippen molar-refractivity contribution in [3.63, 3.8) is 0 Å². The van der Waals surface area contributed by atoms with E-state index in [0.717, 1.165) is 59.0 Å². The Kier molecular flexibility index (Phi) is 5.32. The summed E-state index contributed by atoms with van der Waals surface area (Å²) >= 11 is 0. The molecule has 0 fully saturated rings. The molecule has 6 heteroatoms. The monoisotopic (exact) mass is 416 g/mol. The quantitative estimate of drug-likeness (QED) is 0.435. The van der Waals surface area contributed by atoms with Crippen molar-refractivity contribution in [3.8, 4) is 6.07 Å². The first kappa shape index (κ1) is 21.1. The average Bonchev–Trinajstić information content (AvgIpc) is 3.35. The van der Waals surface area contributed by atoms with Crippen LogP contribution in [-0.2, 0) is 16.1 Å². The number of fused-ring (bicyclic) bond motifs is 3. The lowest BCUT2D eigenvalue weighted by Gasteiger charge is -2.30. The van der Waals surface area contributed by atoms with Gasteiger partial charge in [0, 0.05) is 11.8 Å². The van der Waals surface area contributed by atoms with Crippen LogP contribution < -0.4 is 0 Å². The third kappa shape index (κ3) is 3.60.